The number of anilines is 1. The number of rotatable bonds is 3. The first kappa shape index (κ1) is 15.4. The van der Waals surface area contributed by atoms with Crippen molar-refractivity contribution in [2.24, 2.45) is 0 Å². The number of halogens is 3. The largest absolute Gasteiger partial charge is 0.336 e. The molecule has 20 heavy (non-hydrogen) atoms. The van der Waals surface area contributed by atoms with Crippen LogP contribution in [0.1, 0.15) is 6.92 Å². The molecule has 112 valence electrons. The average Bonchev–Trinajstić information content (AvgIpc) is 2.43. The Morgan fingerprint density at radius 3 is 2.75 bits per heavy atom. The van der Waals surface area contributed by atoms with Gasteiger partial charge in [-0.3, -0.25) is 0 Å². The van der Waals surface area contributed by atoms with Crippen molar-refractivity contribution in [3.05, 3.63) is 23.6 Å². The summed E-state index contributed by atoms with van der Waals surface area (Å²) in [5.74, 6) is -3.65. The number of nitrogens with zero attached hydrogens (tertiary/aromatic N) is 2. The molecule has 1 aromatic rings. The summed E-state index contributed by atoms with van der Waals surface area (Å²) in [7, 11) is -3.48. The lowest BCUT2D eigenvalue weighted by Gasteiger charge is -2.35. The summed E-state index contributed by atoms with van der Waals surface area (Å²) in [6, 6.07) is 0.384. The molecule has 0 spiro atoms. The molecule has 1 aliphatic rings. The second-order valence-electron chi connectivity index (χ2n) is 4.24. The van der Waals surface area contributed by atoms with Crippen LogP contribution in [0.2, 0.25) is 0 Å². The second-order valence-corrected chi connectivity index (χ2v) is 7.84. The Hall–Kier alpha value is -0.960. The number of hydrogen-bond donors (Lipinski definition) is 0. The minimum Gasteiger partial charge on any atom is -0.336 e. The molecule has 1 aliphatic heterocycles. The summed E-state index contributed by atoms with van der Waals surface area (Å²) in [5.41, 5.74) is 0. The van der Waals surface area contributed by atoms with Gasteiger partial charge in [-0.25, -0.2) is 17.2 Å². The predicted octanol–water partition coefficient (Wildman–Crippen LogP) is 1.81. The van der Waals surface area contributed by atoms with E-state index in [2.05, 4.69) is 4.98 Å². The van der Waals surface area contributed by atoms with Gasteiger partial charge in [0.15, 0.2) is 27.3 Å². The summed E-state index contributed by atoms with van der Waals surface area (Å²) in [6.45, 7) is 1.70. The third kappa shape index (κ3) is 2.88. The van der Waals surface area contributed by atoms with Gasteiger partial charge in [-0.1, -0.05) is 6.92 Å². The third-order valence-electron chi connectivity index (χ3n) is 3.04. The Kier molecular flexibility index (Phi) is 4.48. The van der Waals surface area contributed by atoms with Crippen molar-refractivity contribution < 1.29 is 21.6 Å². The van der Waals surface area contributed by atoms with Crippen molar-refractivity contribution in [3.63, 3.8) is 0 Å². The summed E-state index contributed by atoms with van der Waals surface area (Å²) < 4.78 is 63.9. The van der Waals surface area contributed by atoms with E-state index in [1.807, 2.05) is 0 Å². The Bertz CT molecular complexity index is 610. The van der Waals surface area contributed by atoms with Gasteiger partial charge in [-0.2, -0.15) is 21.1 Å². The fraction of sp³-hybridized carbons (Fsp3) is 0.545. The fourth-order valence-corrected chi connectivity index (χ4v) is 4.92. The first-order valence-electron chi connectivity index (χ1n) is 5.94. The highest BCUT2D eigenvalue weighted by molar-refractivity contribution is 8.01. The van der Waals surface area contributed by atoms with Crippen LogP contribution in [0.3, 0.4) is 0 Å². The molecule has 0 aliphatic carbocycles. The Morgan fingerprint density at radius 1 is 1.40 bits per heavy atom. The first-order valence-corrected chi connectivity index (χ1v) is 8.81. The van der Waals surface area contributed by atoms with E-state index in [-0.39, 0.29) is 18.1 Å². The molecule has 2 heterocycles. The van der Waals surface area contributed by atoms with Crippen LogP contribution < -0.4 is 4.90 Å². The standard InChI is InChI=1S/C11H13F3N2O2S2/c1-2-20(17,18)9-6-19-4-3-16(9)11-8(13)5-7(12)10(14)15-11/h5,9H,2-4,6H2,1H3. The van der Waals surface area contributed by atoms with Gasteiger partial charge in [0, 0.05) is 29.9 Å². The monoisotopic (exact) mass is 326 g/mol. The van der Waals surface area contributed by atoms with Crippen LogP contribution in [0, 0.1) is 17.6 Å². The van der Waals surface area contributed by atoms with E-state index in [9.17, 15) is 21.6 Å². The third-order valence-corrected chi connectivity index (χ3v) is 6.33. The van der Waals surface area contributed by atoms with Crippen LogP contribution in [-0.2, 0) is 9.84 Å². The van der Waals surface area contributed by atoms with Crippen LogP contribution in [0.5, 0.6) is 0 Å². The van der Waals surface area contributed by atoms with Gasteiger partial charge in [0.2, 0.25) is 0 Å². The van der Waals surface area contributed by atoms with Gasteiger partial charge < -0.3 is 4.90 Å². The molecular weight excluding hydrogens is 313 g/mol. The summed E-state index contributed by atoms with van der Waals surface area (Å²) in [4.78, 5) is 4.43. The van der Waals surface area contributed by atoms with E-state index in [1.54, 1.807) is 0 Å². The Balaban J connectivity index is 2.46. The Labute approximate surface area is 119 Å². The average molecular weight is 326 g/mol. The molecule has 0 N–H and O–H groups in total. The topological polar surface area (TPSA) is 50.3 Å². The molecule has 1 aromatic heterocycles. The van der Waals surface area contributed by atoms with Crippen molar-refractivity contribution in [3.8, 4) is 0 Å². The van der Waals surface area contributed by atoms with Gasteiger partial charge in [-0.05, 0) is 0 Å². The molecule has 2 rings (SSSR count). The minimum absolute atomic E-state index is 0.111. The van der Waals surface area contributed by atoms with Crippen molar-refractivity contribution in [2.75, 3.05) is 28.7 Å². The molecule has 0 radical (unpaired) electrons. The molecule has 1 fully saturated rings. The maximum Gasteiger partial charge on any atom is 0.251 e. The van der Waals surface area contributed by atoms with E-state index >= 15 is 0 Å². The van der Waals surface area contributed by atoms with E-state index in [4.69, 9.17) is 0 Å². The second kappa shape index (κ2) is 5.80. The van der Waals surface area contributed by atoms with E-state index < -0.39 is 38.6 Å². The van der Waals surface area contributed by atoms with Gasteiger partial charge in [-0.15, -0.1) is 0 Å². The van der Waals surface area contributed by atoms with E-state index in [0.29, 0.717) is 11.8 Å². The van der Waals surface area contributed by atoms with Crippen LogP contribution in [-0.4, -0.2) is 42.6 Å². The maximum absolute atomic E-state index is 13.8. The number of sulfone groups is 1. The molecule has 1 saturated heterocycles. The van der Waals surface area contributed by atoms with E-state index in [0.717, 1.165) is 0 Å². The molecule has 0 amide bonds. The van der Waals surface area contributed by atoms with Crippen LogP contribution in [0.25, 0.3) is 0 Å². The van der Waals surface area contributed by atoms with Crippen molar-refractivity contribution >= 4 is 27.4 Å². The molecule has 0 aromatic carbocycles. The minimum atomic E-state index is -3.48. The Morgan fingerprint density at radius 2 is 2.10 bits per heavy atom. The van der Waals surface area contributed by atoms with E-state index in [1.165, 1.54) is 23.6 Å². The van der Waals surface area contributed by atoms with Crippen LogP contribution >= 0.6 is 11.8 Å². The molecular formula is C11H13F3N2O2S2. The maximum atomic E-state index is 13.8. The zero-order valence-corrected chi connectivity index (χ0v) is 12.3. The summed E-state index contributed by atoms with van der Waals surface area (Å²) >= 11 is 1.42. The van der Waals surface area contributed by atoms with Gasteiger partial charge in [0.05, 0.1) is 0 Å². The normalized spacial score (nSPS) is 20.2. The highest BCUT2D eigenvalue weighted by atomic mass is 32.2. The van der Waals surface area contributed by atoms with Crippen molar-refractivity contribution in [1.82, 2.24) is 4.98 Å². The number of pyridine rings is 1. The van der Waals surface area contributed by atoms with Crippen molar-refractivity contribution in [1.29, 1.82) is 0 Å². The fourth-order valence-electron chi connectivity index (χ4n) is 1.95. The smallest absolute Gasteiger partial charge is 0.251 e. The molecule has 9 heteroatoms. The highest BCUT2D eigenvalue weighted by Crippen LogP contribution is 2.28. The number of hydrogen-bond acceptors (Lipinski definition) is 5. The lowest BCUT2D eigenvalue weighted by molar-refractivity contribution is 0.462. The number of aromatic nitrogens is 1. The molecule has 1 atom stereocenters. The summed E-state index contributed by atoms with van der Waals surface area (Å²) in [6.07, 6.45) is 0. The molecule has 4 nitrogen and oxygen atoms in total. The highest BCUT2D eigenvalue weighted by Gasteiger charge is 2.35. The quantitative estimate of drug-likeness (QED) is 0.793. The molecule has 0 bridgehead atoms. The molecule has 1 unspecified atom stereocenters. The van der Waals surface area contributed by atoms with Gasteiger partial charge >= 0.3 is 0 Å². The number of thioether (sulfide) groups is 1. The van der Waals surface area contributed by atoms with Crippen molar-refractivity contribution in [2.45, 2.75) is 12.3 Å². The van der Waals surface area contributed by atoms with Crippen LogP contribution in [0.4, 0.5) is 19.0 Å². The molecule has 0 saturated carbocycles. The predicted molar refractivity (Wildman–Crippen MR) is 72.0 cm³/mol. The zero-order chi connectivity index (χ0) is 14.9. The van der Waals surface area contributed by atoms with Crippen LogP contribution in [0.15, 0.2) is 6.07 Å². The lowest BCUT2D eigenvalue weighted by Crippen LogP contribution is -2.48. The SMILES string of the molecule is CCS(=O)(=O)C1CSCCN1c1nc(F)c(F)cc1F. The van der Waals surface area contributed by atoms with Gasteiger partial charge in [0.25, 0.3) is 5.95 Å². The summed E-state index contributed by atoms with van der Waals surface area (Å²) in [5, 5.41) is -0.974. The first-order chi connectivity index (χ1) is 9.36. The lowest BCUT2D eigenvalue weighted by atomic mass is 10.3. The zero-order valence-electron chi connectivity index (χ0n) is 10.6. The van der Waals surface area contributed by atoms with Gasteiger partial charge in [0.1, 0.15) is 5.37 Å².